The number of aromatic nitrogens is 1. The second-order valence-electron chi connectivity index (χ2n) is 8.88. The van der Waals surface area contributed by atoms with E-state index in [-0.39, 0.29) is 6.61 Å². The molecule has 2 nitrogen and oxygen atoms in total. The number of aliphatic hydroxyl groups is 1. The van der Waals surface area contributed by atoms with Gasteiger partial charge in [-0.3, -0.25) is 4.98 Å². The van der Waals surface area contributed by atoms with E-state index in [0.717, 1.165) is 19.3 Å². The van der Waals surface area contributed by atoms with Crippen LogP contribution in [-0.4, -0.2) is 16.7 Å². The van der Waals surface area contributed by atoms with Gasteiger partial charge in [0.25, 0.3) is 0 Å². The SMILES string of the molecule is CCCCCCCCCCCCCCCCCC/C(=C/CCCO)c1ccncc1. The van der Waals surface area contributed by atoms with Crippen LogP contribution in [0, 0.1) is 0 Å². The summed E-state index contributed by atoms with van der Waals surface area (Å²) in [5.74, 6) is 0. The van der Waals surface area contributed by atoms with Gasteiger partial charge in [0.1, 0.15) is 0 Å². The zero-order chi connectivity index (χ0) is 21.5. The van der Waals surface area contributed by atoms with Gasteiger partial charge >= 0.3 is 0 Å². The molecule has 30 heavy (non-hydrogen) atoms. The smallest absolute Gasteiger partial charge is 0.0433 e. The van der Waals surface area contributed by atoms with Crippen LogP contribution in [0.25, 0.3) is 5.57 Å². The summed E-state index contributed by atoms with van der Waals surface area (Å²) in [4.78, 5) is 4.14. The van der Waals surface area contributed by atoms with Crippen LogP contribution in [0.5, 0.6) is 0 Å². The summed E-state index contributed by atoms with van der Waals surface area (Å²) in [7, 11) is 0. The summed E-state index contributed by atoms with van der Waals surface area (Å²) >= 11 is 0. The lowest BCUT2D eigenvalue weighted by Crippen LogP contribution is -1.89. The van der Waals surface area contributed by atoms with Crippen LogP contribution in [0.1, 0.15) is 134 Å². The average molecular weight is 416 g/mol. The highest BCUT2D eigenvalue weighted by Gasteiger charge is 2.02. The van der Waals surface area contributed by atoms with Gasteiger partial charge in [-0.25, -0.2) is 0 Å². The van der Waals surface area contributed by atoms with Gasteiger partial charge in [-0.1, -0.05) is 109 Å². The summed E-state index contributed by atoms with van der Waals surface area (Å²) in [5.41, 5.74) is 2.72. The van der Waals surface area contributed by atoms with Gasteiger partial charge in [0.2, 0.25) is 0 Å². The van der Waals surface area contributed by atoms with Gasteiger partial charge in [0, 0.05) is 19.0 Å². The summed E-state index contributed by atoms with van der Waals surface area (Å²) in [5, 5.41) is 9.04. The number of allylic oxidation sites excluding steroid dienone is 2. The number of hydrogen-bond donors (Lipinski definition) is 1. The fraction of sp³-hybridized carbons (Fsp3) is 0.750. The molecule has 0 atom stereocenters. The van der Waals surface area contributed by atoms with Crippen molar-refractivity contribution < 1.29 is 5.11 Å². The largest absolute Gasteiger partial charge is 0.396 e. The van der Waals surface area contributed by atoms with Crippen molar-refractivity contribution in [2.24, 2.45) is 0 Å². The van der Waals surface area contributed by atoms with Crippen LogP contribution in [0.3, 0.4) is 0 Å². The van der Waals surface area contributed by atoms with Gasteiger partial charge in [0.15, 0.2) is 0 Å². The average Bonchev–Trinajstić information content (AvgIpc) is 2.78. The highest BCUT2D eigenvalue weighted by atomic mass is 16.2. The van der Waals surface area contributed by atoms with Crippen LogP contribution < -0.4 is 0 Å². The number of hydrogen-bond acceptors (Lipinski definition) is 2. The Balaban J connectivity index is 1.96. The van der Waals surface area contributed by atoms with Crippen molar-refractivity contribution in [1.82, 2.24) is 4.98 Å². The third-order valence-electron chi connectivity index (χ3n) is 6.10. The number of unbranched alkanes of at least 4 members (excludes halogenated alkanes) is 16. The Hall–Kier alpha value is -1.15. The zero-order valence-electron chi connectivity index (χ0n) is 19.9. The van der Waals surface area contributed by atoms with Crippen LogP contribution in [0.15, 0.2) is 30.6 Å². The molecular formula is C28H49NO. The number of pyridine rings is 1. The zero-order valence-corrected chi connectivity index (χ0v) is 19.9. The number of rotatable bonds is 21. The predicted molar refractivity (Wildman–Crippen MR) is 133 cm³/mol. The molecule has 1 heterocycles. The molecule has 1 aromatic rings. The molecule has 0 unspecified atom stereocenters. The Bertz CT molecular complexity index is 497. The van der Waals surface area contributed by atoms with Crippen molar-refractivity contribution in [2.45, 2.75) is 129 Å². The quantitative estimate of drug-likeness (QED) is 0.203. The minimum atomic E-state index is 0.277. The van der Waals surface area contributed by atoms with E-state index in [0.29, 0.717) is 0 Å². The molecule has 1 rings (SSSR count). The first-order valence-electron chi connectivity index (χ1n) is 13.1. The molecular weight excluding hydrogens is 366 g/mol. The maximum absolute atomic E-state index is 9.04. The third kappa shape index (κ3) is 15.7. The van der Waals surface area contributed by atoms with Gasteiger partial charge in [-0.05, 0) is 49.0 Å². The lowest BCUT2D eigenvalue weighted by atomic mass is 9.98. The molecule has 0 aliphatic carbocycles. The van der Waals surface area contributed by atoms with E-state index in [1.807, 2.05) is 12.4 Å². The Morgan fingerprint density at radius 3 is 1.63 bits per heavy atom. The molecule has 1 N–H and O–H groups in total. The first-order chi connectivity index (χ1) is 14.9. The Kier molecular flexibility index (Phi) is 18.9. The van der Waals surface area contributed by atoms with Crippen LogP contribution in [-0.2, 0) is 0 Å². The Morgan fingerprint density at radius 2 is 1.17 bits per heavy atom. The topological polar surface area (TPSA) is 33.1 Å². The van der Waals surface area contributed by atoms with E-state index >= 15 is 0 Å². The number of aliphatic hydroxyl groups excluding tert-OH is 1. The monoisotopic (exact) mass is 415 g/mol. The summed E-state index contributed by atoms with van der Waals surface area (Å²) < 4.78 is 0. The van der Waals surface area contributed by atoms with Gasteiger partial charge < -0.3 is 5.11 Å². The van der Waals surface area contributed by atoms with Gasteiger partial charge in [-0.2, -0.15) is 0 Å². The van der Waals surface area contributed by atoms with E-state index in [4.69, 9.17) is 5.11 Å². The summed E-state index contributed by atoms with van der Waals surface area (Å²) in [6, 6.07) is 4.22. The second kappa shape index (κ2) is 21.1. The predicted octanol–water partition coefficient (Wildman–Crippen LogP) is 8.89. The fourth-order valence-electron chi connectivity index (χ4n) is 4.16. The minimum Gasteiger partial charge on any atom is -0.396 e. The molecule has 0 radical (unpaired) electrons. The molecule has 0 aliphatic rings. The van der Waals surface area contributed by atoms with E-state index in [1.165, 1.54) is 114 Å². The maximum Gasteiger partial charge on any atom is 0.0433 e. The molecule has 0 saturated heterocycles. The fourth-order valence-corrected chi connectivity index (χ4v) is 4.16. The van der Waals surface area contributed by atoms with Gasteiger partial charge in [-0.15, -0.1) is 0 Å². The van der Waals surface area contributed by atoms with Crippen molar-refractivity contribution in [3.63, 3.8) is 0 Å². The van der Waals surface area contributed by atoms with Crippen molar-refractivity contribution in [1.29, 1.82) is 0 Å². The van der Waals surface area contributed by atoms with Crippen LogP contribution in [0.2, 0.25) is 0 Å². The Morgan fingerprint density at radius 1 is 0.700 bits per heavy atom. The molecule has 0 aliphatic heterocycles. The lowest BCUT2D eigenvalue weighted by Gasteiger charge is -2.08. The van der Waals surface area contributed by atoms with E-state index in [9.17, 15) is 0 Å². The normalized spacial score (nSPS) is 11.9. The highest BCUT2D eigenvalue weighted by Crippen LogP contribution is 2.22. The molecule has 0 spiro atoms. The van der Waals surface area contributed by atoms with E-state index < -0.39 is 0 Å². The number of nitrogens with zero attached hydrogens (tertiary/aromatic N) is 1. The van der Waals surface area contributed by atoms with E-state index in [2.05, 4.69) is 30.1 Å². The molecule has 0 saturated carbocycles. The Labute approximate surface area is 187 Å². The molecule has 0 bridgehead atoms. The lowest BCUT2D eigenvalue weighted by molar-refractivity contribution is 0.289. The maximum atomic E-state index is 9.04. The van der Waals surface area contributed by atoms with Gasteiger partial charge in [0.05, 0.1) is 0 Å². The molecule has 172 valence electrons. The molecule has 2 heteroatoms. The molecule has 0 fully saturated rings. The van der Waals surface area contributed by atoms with Crippen LogP contribution in [0.4, 0.5) is 0 Å². The summed E-state index contributed by atoms with van der Waals surface area (Å²) in [6.07, 6.45) is 31.7. The third-order valence-corrected chi connectivity index (χ3v) is 6.10. The van der Waals surface area contributed by atoms with Crippen LogP contribution >= 0.6 is 0 Å². The first kappa shape index (κ1) is 26.9. The molecule has 0 amide bonds. The highest BCUT2D eigenvalue weighted by molar-refractivity contribution is 5.64. The first-order valence-corrected chi connectivity index (χ1v) is 13.1. The van der Waals surface area contributed by atoms with Crippen molar-refractivity contribution in [2.75, 3.05) is 6.61 Å². The molecule has 1 aromatic heterocycles. The second-order valence-corrected chi connectivity index (χ2v) is 8.88. The van der Waals surface area contributed by atoms with Crippen molar-refractivity contribution in [3.05, 3.63) is 36.2 Å². The summed E-state index contributed by atoms with van der Waals surface area (Å²) in [6.45, 7) is 2.57. The van der Waals surface area contributed by atoms with Crippen molar-refractivity contribution in [3.8, 4) is 0 Å². The minimum absolute atomic E-state index is 0.277. The van der Waals surface area contributed by atoms with E-state index in [1.54, 1.807) is 0 Å². The standard InChI is InChI=1S/C28H49NO/c1-2-3-4-5-6-7-8-9-10-11-12-13-14-15-16-17-20-27(21-18-19-26-30)28-22-24-29-25-23-28/h21-25,30H,2-20,26H2,1H3/b27-21-. The molecule has 0 aromatic carbocycles. The van der Waals surface area contributed by atoms with Crippen molar-refractivity contribution >= 4 is 5.57 Å².